The maximum absolute atomic E-state index is 12.1. The Morgan fingerprint density at radius 1 is 1.03 bits per heavy atom. The second-order valence-corrected chi connectivity index (χ2v) is 10.5. The summed E-state index contributed by atoms with van der Waals surface area (Å²) in [5.74, 6) is 1.40. The van der Waals surface area contributed by atoms with Crippen LogP contribution in [0.4, 0.5) is 0 Å². The summed E-state index contributed by atoms with van der Waals surface area (Å²) in [6.45, 7) is 0. The van der Waals surface area contributed by atoms with Gasteiger partial charge in [-0.2, -0.15) is 0 Å². The predicted molar refractivity (Wildman–Crippen MR) is 127 cm³/mol. The molecular formula is C24H18ClNO4S2. The predicted octanol–water partition coefficient (Wildman–Crippen LogP) is 5.87. The minimum atomic E-state index is -3.84. The quantitative estimate of drug-likeness (QED) is 0.393. The van der Waals surface area contributed by atoms with Gasteiger partial charge < -0.3 is 9.47 Å². The molecule has 0 saturated heterocycles. The van der Waals surface area contributed by atoms with Crippen LogP contribution in [0, 0.1) is 0 Å². The fourth-order valence-corrected chi connectivity index (χ4v) is 6.09. The number of sulfonamides is 1. The first-order valence-electron chi connectivity index (χ1n) is 9.71. The van der Waals surface area contributed by atoms with Crippen molar-refractivity contribution < 1.29 is 17.9 Å². The third-order valence-corrected chi connectivity index (χ3v) is 8.07. The van der Waals surface area contributed by atoms with E-state index in [1.165, 1.54) is 0 Å². The molecule has 8 heteroatoms. The summed E-state index contributed by atoms with van der Waals surface area (Å²) < 4.78 is 36.3. The van der Waals surface area contributed by atoms with Crippen molar-refractivity contribution in [2.45, 2.75) is 10.3 Å². The van der Waals surface area contributed by atoms with Crippen LogP contribution in [0.3, 0.4) is 0 Å². The number of methoxy groups -OCH3 is 1. The van der Waals surface area contributed by atoms with Crippen LogP contribution in [0.25, 0.3) is 22.3 Å². The lowest BCUT2D eigenvalue weighted by molar-refractivity contribution is 0.242. The first kappa shape index (κ1) is 21.0. The van der Waals surface area contributed by atoms with Gasteiger partial charge in [-0.25, -0.2) is 13.6 Å². The van der Waals surface area contributed by atoms with Gasteiger partial charge in [-0.1, -0.05) is 41.9 Å². The summed E-state index contributed by atoms with van der Waals surface area (Å²) in [6, 6.07) is 20.8. The van der Waals surface area contributed by atoms with Gasteiger partial charge in [0, 0.05) is 16.1 Å². The molecule has 4 aromatic rings. The largest absolute Gasteiger partial charge is 0.496 e. The molecule has 1 unspecified atom stereocenters. The highest BCUT2D eigenvalue weighted by Crippen LogP contribution is 2.50. The fourth-order valence-electron chi connectivity index (χ4n) is 4.06. The van der Waals surface area contributed by atoms with Crippen LogP contribution in [0.1, 0.15) is 17.2 Å². The van der Waals surface area contributed by atoms with Crippen LogP contribution in [0.15, 0.2) is 76.3 Å². The van der Waals surface area contributed by atoms with Crippen molar-refractivity contribution >= 4 is 33.0 Å². The van der Waals surface area contributed by atoms with Gasteiger partial charge >= 0.3 is 0 Å². The molecule has 5 rings (SSSR count). The Balaban J connectivity index is 1.76. The minimum absolute atomic E-state index is 0.131. The Morgan fingerprint density at radius 2 is 1.84 bits per heavy atom. The van der Waals surface area contributed by atoms with E-state index in [1.54, 1.807) is 18.6 Å². The summed E-state index contributed by atoms with van der Waals surface area (Å²) in [5.41, 5.74) is 4.88. The van der Waals surface area contributed by atoms with Crippen LogP contribution in [0.5, 0.6) is 11.5 Å². The Bertz CT molecular complexity index is 1450. The van der Waals surface area contributed by atoms with Gasteiger partial charge in [-0.3, -0.25) is 0 Å². The molecule has 1 aliphatic rings. The molecule has 2 N–H and O–H groups in total. The number of halogens is 1. The number of nitrogens with two attached hydrogens (primary N) is 1. The van der Waals surface area contributed by atoms with Crippen LogP contribution in [-0.4, -0.2) is 15.5 Å². The molecular weight excluding hydrogens is 466 g/mol. The SMILES string of the molecule is COc1cccc2c1-c1ccc(-c3ccsc3S(N)(=O)=O)cc1C(c1cccc(Cl)c1)O2. The molecule has 5 nitrogen and oxygen atoms in total. The maximum atomic E-state index is 12.1. The van der Waals surface area contributed by atoms with Crippen molar-refractivity contribution in [3.8, 4) is 33.8 Å². The summed E-state index contributed by atoms with van der Waals surface area (Å²) in [4.78, 5) is 0. The molecule has 0 amide bonds. The lowest BCUT2D eigenvalue weighted by Crippen LogP contribution is -2.16. The normalized spacial score (nSPS) is 14.9. The third-order valence-electron chi connectivity index (χ3n) is 5.41. The topological polar surface area (TPSA) is 78.6 Å². The van der Waals surface area contributed by atoms with Gasteiger partial charge in [0.05, 0.1) is 12.7 Å². The van der Waals surface area contributed by atoms with Crippen LogP contribution < -0.4 is 14.6 Å². The van der Waals surface area contributed by atoms with Crippen LogP contribution >= 0.6 is 22.9 Å². The molecule has 0 aliphatic carbocycles. The number of fused-ring (bicyclic) bond motifs is 3. The molecule has 0 radical (unpaired) electrons. The van der Waals surface area contributed by atoms with E-state index in [0.29, 0.717) is 22.1 Å². The molecule has 3 aromatic carbocycles. The van der Waals surface area contributed by atoms with Crippen LogP contribution in [0.2, 0.25) is 5.02 Å². The first-order chi connectivity index (χ1) is 15.4. The lowest BCUT2D eigenvalue weighted by atomic mass is 9.87. The highest BCUT2D eigenvalue weighted by Gasteiger charge is 2.30. The zero-order valence-corrected chi connectivity index (χ0v) is 19.3. The number of thiophene rings is 1. The molecule has 1 atom stereocenters. The maximum Gasteiger partial charge on any atom is 0.248 e. The molecule has 0 bridgehead atoms. The van der Waals surface area contributed by atoms with Crippen molar-refractivity contribution in [3.63, 3.8) is 0 Å². The molecule has 0 saturated carbocycles. The minimum Gasteiger partial charge on any atom is -0.496 e. The number of rotatable bonds is 4. The van der Waals surface area contributed by atoms with Gasteiger partial charge in [-0.05, 0) is 58.5 Å². The summed E-state index contributed by atoms with van der Waals surface area (Å²) in [7, 11) is -2.22. The molecule has 2 heterocycles. The van der Waals surface area contributed by atoms with Gasteiger partial charge in [0.1, 0.15) is 21.8 Å². The van der Waals surface area contributed by atoms with E-state index in [4.69, 9.17) is 26.2 Å². The fraction of sp³-hybridized carbons (Fsp3) is 0.0833. The third kappa shape index (κ3) is 3.57. The summed E-state index contributed by atoms with van der Waals surface area (Å²) in [5, 5.41) is 7.77. The molecule has 32 heavy (non-hydrogen) atoms. The number of hydrogen-bond acceptors (Lipinski definition) is 5. The van der Waals surface area contributed by atoms with E-state index in [9.17, 15) is 8.42 Å². The average Bonchev–Trinajstić information content (AvgIpc) is 3.28. The van der Waals surface area contributed by atoms with Crippen molar-refractivity contribution in [1.29, 1.82) is 0 Å². The average molecular weight is 484 g/mol. The zero-order chi connectivity index (χ0) is 22.5. The highest BCUT2D eigenvalue weighted by atomic mass is 35.5. The monoisotopic (exact) mass is 483 g/mol. The Hall–Kier alpha value is -2.84. The van der Waals surface area contributed by atoms with E-state index in [1.807, 2.05) is 60.7 Å². The molecule has 0 spiro atoms. The molecule has 1 aliphatic heterocycles. The Morgan fingerprint density at radius 3 is 2.59 bits per heavy atom. The van der Waals surface area contributed by atoms with E-state index >= 15 is 0 Å². The molecule has 1 aromatic heterocycles. The number of hydrogen-bond donors (Lipinski definition) is 1. The van der Waals surface area contributed by atoms with E-state index in [2.05, 4.69) is 0 Å². The Kier molecular flexibility index (Phi) is 5.22. The van der Waals surface area contributed by atoms with E-state index < -0.39 is 16.1 Å². The number of benzene rings is 3. The van der Waals surface area contributed by atoms with Gasteiger partial charge in [0.2, 0.25) is 10.0 Å². The highest BCUT2D eigenvalue weighted by molar-refractivity contribution is 7.91. The zero-order valence-electron chi connectivity index (χ0n) is 16.9. The lowest BCUT2D eigenvalue weighted by Gasteiger charge is -2.30. The standard InChI is InChI=1S/C24H18ClNO4S2/c1-29-20-6-3-7-21-22(20)18-9-8-14(17-10-11-31-24(17)32(26,27)28)13-19(18)23(30-21)15-4-2-5-16(25)12-15/h2-13,23H,1H3,(H2,26,27,28). The van der Waals surface area contributed by atoms with E-state index in [0.717, 1.165) is 39.2 Å². The second-order valence-electron chi connectivity index (χ2n) is 7.36. The molecule has 0 fully saturated rings. The number of ether oxygens (including phenoxy) is 2. The van der Waals surface area contributed by atoms with Crippen molar-refractivity contribution in [2.24, 2.45) is 5.14 Å². The van der Waals surface area contributed by atoms with Crippen molar-refractivity contribution in [3.05, 3.63) is 88.3 Å². The molecule has 162 valence electrons. The smallest absolute Gasteiger partial charge is 0.248 e. The summed E-state index contributed by atoms with van der Waals surface area (Å²) >= 11 is 7.37. The first-order valence-corrected chi connectivity index (χ1v) is 12.5. The summed E-state index contributed by atoms with van der Waals surface area (Å²) in [6.07, 6.45) is -0.431. The van der Waals surface area contributed by atoms with Gasteiger partial charge in [-0.15, -0.1) is 11.3 Å². The van der Waals surface area contributed by atoms with Gasteiger partial charge in [0.15, 0.2) is 0 Å². The Labute approximate surface area is 195 Å². The van der Waals surface area contributed by atoms with Gasteiger partial charge in [0.25, 0.3) is 0 Å². The second kappa shape index (κ2) is 7.94. The number of primary sulfonamides is 1. The van der Waals surface area contributed by atoms with Crippen molar-refractivity contribution in [2.75, 3.05) is 7.11 Å². The van der Waals surface area contributed by atoms with Crippen LogP contribution in [-0.2, 0) is 10.0 Å². The van der Waals surface area contributed by atoms with Crippen molar-refractivity contribution in [1.82, 2.24) is 0 Å². The van der Waals surface area contributed by atoms with E-state index in [-0.39, 0.29) is 4.21 Å².